The van der Waals surface area contributed by atoms with Crippen LogP contribution in [0.15, 0.2) is 77.7 Å². The zero-order valence-electron chi connectivity index (χ0n) is 23.1. The standard InChI is InChI=1S/C31H36FN3O4S/c1-22-16-18-27(19-17-22)40(38,39)35(29-15-9-4-10-23(29)2)21-30(36)34(20-25-11-5-8-14-28(25)32)24(3)31(37)33-26-12-6-7-13-26/h4-5,8-11,14-19,24,26H,6-7,12-13,20-21H2,1-3H3,(H,33,37)/t24-/m0/s1. The molecule has 0 aliphatic heterocycles. The first-order valence-electron chi connectivity index (χ1n) is 13.6. The molecule has 0 bridgehead atoms. The minimum Gasteiger partial charge on any atom is -0.352 e. The molecule has 3 aromatic rings. The van der Waals surface area contributed by atoms with Crippen LogP contribution in [0, 0.1) is 19.7 Å². The van der Waals surface area contributed by atoms with Crippen LogP contribution < -0.4 is 9.62 Å². The Hall–Kier alpha value is -3.72. The molecule has 0 heterocycles. The average Bonchev–Trinajstić information content (AvgIpc) is 3.44. The molecule has 0 unspecified atom stereocenters. The van der Waals surface area contributed by atoms with Crippen LogP contribution >= 0.6 is 0 Å². The molecule has 212 valence electrons. The van der Waals surface area contributed by atoms with Crippen LogP contribution in [-0.4, -0.2) is 43.8 Å². The smallest absolute Gasteiger partial charge is 0.264 e. The fourth-order valence-corrected chi connectivity index (χ4v) is 6.46. The number of sulfonamides is 1. The Kier molecular flexibility index (Phi) is 9.25. The number of amides is 2. The normalized spacial score (nSPS) is 14.5. The summed E-state index contributed by atoms with van der Waals surface area (Å²) in [4.78, 5) is 28.5. The number of nitrogens with zero attached hydrogens (tertiary/aromatic N) is 2. The first-order valence-corrected chi connectivity index (χ1v) is 15.0. The van der Waals surface area contributed by atoms with Crippen molar-refractivity contribution in [3.8, 4) is 0 Å². The summed E-state index contributed by atoms with van der Waals surface area (Å²) in [7, 11) is -4.16. The minimum atomic E-state index is -4.16. The van der Waals surface area contributed by atoms with Gasteiger partial charge in [-0.05, 0) is 63.4 Å². The van der Waals surface area contributed by atoms with E-state index in [4.69, 9.17) is 0 Å². The van der Waals surface area contributed by atoms with Crippen molar-refractivity contribution in [2.24, 2.45) is 0 Å². The number of aryl methyl sites for hydroxylation is 2. The lowest BCUT2D eigenvalue weighted by molar-refractivity contribution is -0.139. The monoisotopic (exact) mass is 565 g/mol. The molecule has 1 aliphatic rings. The third-order valence-corrected chi connectivity index (χ3v) is 9.21. The number of halogens is 1. The lowest BCUT2D eigenvalue weighted by Gasteiger charge is -2.33. The highest BCUT2D eigenvalue weighted by Gasteiger charge is 2.34. The molecule has 1 atom stereocenters. The van der Waals surface area contributed by atoms with Gasteiger partial charge in [-0.2, -0.15) is 0 Å². The van der Waals surface area contributed by atoms with E-state index in [1.165, 1.54) is 23.1 Å². The number of nitrogens with one attached hydrogen (secondary N) is 1. The average molecular weight is 566 g/mol. The number of hydrogen-bond donors (Lipinski definition) is 1. The molecule has 0 aromatic heterocycles. The van der Waals surface area contributed by atoms with Crippen molar-refractivity contribution in [2.75, 3.05) is 10.8 Å². The number of hydrogen-bond acceptors (Lipinski definition) is 4. The maximum Gasteiger partial charge on any atom is 0.264 e. The second-order valence-corrected chi connectivity index (χ2v) is 12.3. The van der Waals surface area contributed by atoms with Crippen molar-refractivity contribution in [2.45, 2.75) is 70.0 Å². The minimum absolute atomic E-state index is 0.0331. The van der Waals surface area contributed by atoms with E-state index >= 15 is 0 Å². The van der Waals surface area contributed by atoms with Crippen molar-refractivity contribution >= 4 is 27.5 Å². The molecular weight excluding hydrogens is 529 g/mol. The van der Waals surface area contributed by atoms with Gasteiger partial charge in [-0.25, -0.2) is 12.8 Å². The summed E-state index contributed by atoms with van der Waals surface area (Å²) in [6, 6.07) is 18.5. The van der Waals surface area contributed by atoms with Crippen LogP contribution in [0.4, 0.5) is 10.1 Å². The van der Waals surface area contributed by atoms with Crippen LogP contribution in [0.5, 0.6) is 0 Å². The van der Waals surface area contributed by atoms with Crippen LogP contribution in [0.3, 0.4) is 0 Å². The molecule has 9 heteroatoms. The van der Waals surface area contributed by atoms with Crippen molar-refractivity contribution in [1.82, 2.24) is 10.2 Å². The van der Waals surface area contributed by atoms with E-state index in [1.54, 1.807) is 68.4 Å². The Morgan fingerprint density at radius 2 is 1.57 bits per heavy atom. The molecule has 3 aromatic carbocycles. The highest BCUT2D eigenvalue weighted by molar-refractivity contribution is 7.92. The molecular formula is C31H36FN3O4S. The summed E-state index contributed by atoms with van der Waals surface area (Å²) in [6.45, 7) is 4.48. The van der Waals surface area contributed by atoms with E-state index in [-0.39, 0.29) is 29.0 Å². The first-order chi connectivity index (χ1) is 19.1. The second-order valence-electron chi connectivity index (χ2n) is 10.4. The summed E-state index contributed by atoms with van der Waals surface area (Å²) in [6.07, 6.45) is 3.80. The van der Waals surface area contributed by atoms with Gasteiger partial charge in [0, 0.05) is 18.2 Å². The maximum absolute atomic E-state index is 14.7. The highest BCUT2D eigenvalue weighted by atomic mass is 32.2. The van der Waals surface area contributed by atoms with Crippen molar-refractivity contribution in [3.63, 3.8) is 0 Å². The van der Waals surface area contributed by atoms with E-state index in [9.17, 15) is 22.4 Å². The molecule has 1 aliphatic carbocycles. The van der Waals surface area contributed by atoms with Gasteiger partial charge in [-0.1, -0.05) is 66.9 Å². The Balaban J connectivity index is 1.70. The Morgan fingerprint density at radius 3 is 2.23 bits per heavy atom. The Labute approximate surface area is 236 Å². The molecule has 1 fully saturated rings. The van der Waals surface area contributed by atoms with E-state index in [1.807, 2.05) is 6.92 Å². The molecule has 1 N–H and O–H groups in total. The van der Waals surface area contributed by atoms with E-state index in [2.05, 4.69) is 5.32 Å². The molecule has 1 saturated carbocycles. The number of rotatable bonds is 10. The summed E-state index contributed by atoms with van der Waals surface area (Å²) < 4.78 is 43.6. The van der Waals surface area contributed by atoms with Gasteiger partial charge in [0.25, 0.3) is 10.0 Å². The van der Waals surface area contributed by atoms with Crippen molar-refractivity contribution < 1.29 is 22.4 Å². The molecule has 40 heavy (non-hydrogen) atoms. The molecule has 0 radical (unpaired) electrons. The third kappa shape index (κ3) is 6.70. The number of carbonyl (C=O) groups is 2. The van der Waals surface area contributed by atoms with Gasteiger partial charge < -0.3 is 10.2 Å². The van der Waals surface area contributed by atoms with E-state index in [0.717, 1.165) is 35.6 Å². The lowest BCUT2D eigenvalue weighted by atomic mass is 10.1. The maximum atomic E-state index is 14.7. The summed E-state index contributed by atoms with van der Waals surface area (Å²) in [5, 5.41) is 3.01. The molecule has 4 rings (SSSR count). The van der Waals surface area contributed by atoms with Gasteiger partial charge in [-0.3, -0.25) is 13.9 Å². The van der Waals surface area contributed by atoms with Crippen LogP contribution in [-0.2, 0) is 26.2 Å². The quantitative estimate of drug-likeness (QED) is 0.370. The number of carbonyl (C=O) groups excluding carboxylic acids is 2. The number of anilines is 1. The molecule has 0 saturated heterocycles. The second kappa shape index (κ2) is 12.6. The van der Waals surface area contributed by atoms with Crippen LogP contribution in [0.1, 0.15) is 49.3 Å². The molecule has 2 amide bonds. The van der Waals surface area contributed by atoms with Crippen LogP contribution in [0.2, 0.25) is 0 Å². The van der Waals surface area contributed by atoms with E-state index < -0.39 is 34.3 Å². The SMILES string of the molecule is Cc1ccc(S(=O)(=O)N(CC(=O)N(Cc2ccccc2F)[C@@H](C)C(=O)NC2CCCC2)c2ccccc2C)cc1. The number of para-hydroxylation sites is 1. The number of benzene rings is 3. The van der Waals surface area contributed by atoms with Crippen LogP contribution in [0.25, 0.3) is 0 Å². The Morgan fingerprint density at radius 1 is 0.950 bits per heavy atom. The van der Waals surface area contributed by atoms with Crippen molar-refractivity contribution in [3.05, 3.63) is 95.3 Å². The van der Waals surface area contributed by atoms with Gasteiger partial charge in [0.15, 0.2) is 0 Å². The largest absolute Gasteiger partial charge is 0.352 e. The topological polar surface area (TPSA) is 86.8 Å². The highest BCUT2D eigenvalue weighted by Crippen LogP contribution is 2.28. The van der Waals surface area contributed by atoms with Gasteiger partial charge in [0.05, 0.1) is 10.6 Å². The molecule has 7 nitrogen and oxygen atoms in total. The zero-order chi connectivity index (χ0) is 28.9. The van der Waals surface area contributed by atoms with Gasteiger partial charge in [0.1, 0.15) is 18.4 Å². The third-order valence-electron chi connectivity index (χ3n) is 7.44. The zero-order valence-corrected chi connectivity index (χ0v) is 24.0. The summed E-state index contributed by atoms with van der Waals surface area (Å²) >= 11 is 0. The Bertz CT molecular complexity index is 1450. The molecule has 0 spiro atoms. The summed E-state index contributed by atoms with van der Waals surface area (Å²) in [5.74, 6) is -1.47. The predicted octanol–water partition coefficient (Wildman–Crippen LogP) is 5.11. The predicted molar refractivity (Wildman–Crippen MR) is 154 cm³/mol. The fraction of sp³-hybridized carbons (Fsp3) is 0.355. The van der Waals surface area contributed by atoms with Gasteiger partial charge in [0.2, 0.25) is 11.8 Å². The van der Waals surface area contributed by atoms with E-state index in [0.29, 0.717) is 11.3 Å². The fourth-order valence-electron chi connectivity index (χ4n) is 4.98. The van der Waals surface area contributed by atoms with Gasteiger partial charge in [-0.15, -0.1) is 0 Å². The lowest BCUT2D eigenvalue weighted by Crippen LogP contribution is -2.52. The summed E-state index contributed by atoms with van der Waals surface area (Å²) in [5.41, 5.74) is 2.15. The first kappa shape index (κ1) is 29.3. The van der Waals surface area contributed by atoms with Gasteiger partial charge >= 0.3 is 0 Å². The van der Waals surface area contributed by atoms with Crippen molar-refractivity contribution in [1.29, 1.82) is 0 Å².